The zero-order chi connectivity index (χ0) is 20.3. The number of fused-ring (bicyclic) bond motifs is 1. The van der Waals surface area contributed by atoms with Crippen molar-refractivity contribution in [2.24, 2.45) is 0 Å². The van der Waals surface area contributed by atoms with Gasteiger partial charge in [-0.2, -0.15) is 0 Å². The van der Waals surface area contributed by atoms with Gasteiger partial charge in [-0.1, -0.05) is 11.6 Å². The Kier molecular flexibility index (Phi) is 6.09. The van der Waals surface area contributed by atoms with Gasteiger partial charge in [-0.25, -0.2) is 0 Å². The summed E-state index contributed by atoms with van der Waals surface area (Å²) in [4.78, 5) is 26.9. The monoisotopic (exact) mass is 403 g/mol. The summed E-state index contributed by atoms with van der Waals surface area (Å²) in [6.07, 6.45) is 0.699. The van der Waals surface area contributed by atoms with E-state index in [0.717, 1.165) is 11.1 Å². The molecular formula is C21H22ClNO5. The van der Waals surface area contributed by atoms with Crippen LogP contribution in [0.3, 0.4) is 0 Å². The van der Waals surface area contributed by atoms with E-state index in [4.69, 9.17) is 25.8 Å². The number of amides is 1. The molecule has 1 aliphatic rings. The van der Waals surface area contributed by atoms with Crippen LogP contribution >= 0.6 is 11.6 Å². The predicted molar refractivity (Wildman–Crippen MR) is 105 cm³/mol. The van der Waals surface area contributed by atoms with Crippen LogP contribution in [-0.2, 0) is 16.0 Å². The van der Waals surface area contributed by atoms with Gasteiger partial charge in [0.25, 0.3) is 5.91 Å². The number of halogens is 1. The Labute approximate surface area is 168 Å². The van der Waals surface area contributed by atoms with E-state index in [1.165, 1.54) is 7.11 Å². The fraction of sp³-hybridized carbons (Fsp3) is 0.333. The summed E-state index contributed by atoms with van der Waals surface area (Å²) < 4.78 is 15.7. The maximum atomic E-state index is 13.2. The van der Waals surface area contributed by atoms with Crippen molar-refractivity contribution in [1.82, 2.24) is 4.90 Å². The third-order valence-electron chi connectivity index (χ3n) is 4.94. The van der Waals surface area contributed by atoms with Crippen molar-refractivity contribution in [3.63, 3.8) is 0 Å². The minimum Gasteiger partial charge on any atom is -0.493 e. The molecule has 0 spiro atoms. The molecule has 1 unspecified atom stereocenters. The van der Waals surface area contributed by atoms with Crippen LogP contribution in [0.2, 0.25) is 5.02 Å². The van der Waals surface area contributed by atoms with E-state index in [1.807, 2.05) is 12.1 Å². The number of carbonyl (C=O) groups excluding carboxylic acids is 2. The molecule has 0 N–H and O–H groups in total. The number of methoxy groups -OCH3 is 3. The zero-order valence-corrected chi connectivity index (χ0v) is 16.8. The summed E-state index contributed by atoms with van der Waals surface area (Å²) in [7, 11) is 4.47. The molecule has 3 rings (SSSR count). The maximum absolute atomic E-state index is 13.2. The van der Waals surface area contributed by atoms with Gasteiger partial charge in [0.2, 0.25) is 0 Å². The first-order valence-electron chi connectivity index (χ1n) is 8.86. The Bertz CT molecular complexity index is 881. The molecule has 0 bridgehead atoms. The normalized spacial score (nSPS) is 15.6. The van der Waals surface area contributed by atoms with Crippen molar-refractivity contribution >= 4 is 23.5 Å². The topological polar surface area (TPSA) is 65.1 Å². The van der Waals surface area contributed by atoms with E-state index < -0.39 is 6.04 Å². The van der Waals surface area contributed by atoms with Crippen molar-refractivity contribution in [2.45, 2.75) is 18.9 Å². The van der Waals surface area contributed by atoms with E-state index in [1.54, 1.807) is 43.4 Å². The average Bonchev–Trinajstić information content (AvgIpc) is 2.72. The molecule has 2 aromatic carbocycles. The molecule has 28 heavy (non-hydrogen) atoms. The minimum absolute atomic E-state index is 0.0539. The van der Waals surface area contributed by atoms with Gasteiger partial charge in [-0.05, 0) is 53.9 Å². The molecule has 1 amide bonds. The van der Waals surface area contributed by atoms with Crippen LogP contribution in [-0.4, -0.2) is 44.7 Å². The highest BCUT2D eigenvalue weighted by atomic mass is 35.5. The second-order valence-electron chi connectivity index (χ2n) is 6.46. The van der Waals surface area contributed by atoms with Gasteiger partial charge in [0.05, 0.1) is 33.8 Å². The van der Waals surface area contributed by atoms with E-state index in [0.29, 0.717) is 35.1 Å². The number of carbonyl (C=O) groups is 2. The van der Waals surface area contributed by atoms with Crippen LogP contribution in [0, 0.1) is 0 Å². The number of rotatable bonds is 5. The van der Waals surface area contributed by atoms with Gasteiger partial charge < -0.3 is 19.1 Å². The average molecular weight is 404 g/mol. The van der Waals surface area contributed by atoms with E-state index in [9.17, 15) is 9.59 Å². The first-order chi connectivity index (χ1) is 13.5. The Hall–Kier alpha value is -2.73. The van der Waals surface area contributed by atoms with Crippen molar-refractivity contribution in [3.8, 4) is 11.5 Å². The fourth-order valence-electron chi connectivity index (χ4n) is 3.49. The Morgan fingerprint density at radius 3 is 2.32 bits per heavy atom. The molecule has 1 atom stereocenters. The quantitative estimate of drug-likeness (QED) is 0.713. The third-order valence-corrected chi connectivity index (χ3v) is 5.19. The van der Waals surface area contributed by atoms with Crippen LogP contribution in [0.15, 0.2) is 36.4 Å². The lowest BCUT2D eigenvalue weighted by atomic mass is 9.89. The molecule has 148 valence electrons. The lowest BCUT2D eigenvalue weighted by molar-refractivity contribution is -0.141. The Balaban J connectivity index is 2.03. The van der Waals surface area contributed by atoms with Gasteiger partial charge >= 0.3 is 5.97 Å². The van der Waals surface area contributed by atoms with Gasteiger partial charge in [0.15, 0.2) is 11.5 Å². The summed E-state index contributed by atoms with van der Waals surface area (Å²) in [5.41, 5.74) is 2.39. The summed E-state index contributed by atoms with van der Waals surface area (Å²) in [6.45, 7) is 0.478. The van der Waals surface area contributed by atoms with Crippen molar-refractivity contribution in [1.29, 1.82) is 0 Å². The SMILES string of the molecule is COC(=O)CC1c2cc(OC)c(OC)cc2CCN1C(=O)c1ccc(Cl)cc1. The zero-order valence-electron chi connectivity index (χ0n) is 16.0. The van der Waals surface area contributed by atoms with Crippen molar-refractivity contribution in [3.05, 3.63) is 58.1 Å². The van der Waals surface area contributed by atoms with Gasteiger partial charge in [-0.3, -0.25) is 9.59 Å². The summed E-state index contributed by atoms with van der Waals surface area (Å²) in [5.74, 6) is 0.625. The lowest BCUT2D eigenvalue weighted by Gasteiger charge is -2.37. The third kappa shape index (κ3) is 3.92. The fourth-order valence-corrected chi connectivity index (χ4v) is 3.62. The first kappa shape index (κ1) is 20.0. The second kappa shape index (κ2) is 8.52. The van der Waals surface area contributed by atoms with Gasteiger partial charge in [0.1, 0.15) is 0 Å². The predicted octanol–water partition coefficient (Wildman–Crippen LogP) is 3.66. The second-order valence-corrected chi connectivity index (χ2v) is 6.89. The molecule has 0 aliphatic carbocycles. The maximum Gasteiger partial charge on any atom is 0.307 e. The number of nitrogens with zero attached hydrogens (tertiary/aromatic N) is 1. The standard InChI is InChI=1S/C21H22ClNO5/c1-26-18-10-14-8-9-23(21(25)13-4-6-15(22)7-5-13)17(12-20(24)28-3)16(14)11-19(18)27-2/h4-7,10-11,17H,8-9,12H2,1-3H3. The van der Waals surface area contributed by atoms with E-state index in [-0.39, 0.29) is 18.3 Å². The minimum atomic E-state index is -0.459. The highest BCUT2D eigenvalue weighted by molar-refractivity contribution is 6.30. The van der Waals surface area contributed by atoms with Crippen molar-refractivity contribution < 1.29 is 23.8 Å². The van der Waals surface area contributed by atoms with Gasteiger partial charge in [0, 0.05) is 17.1 Å². The highest BCUT2D eigenvalue weighted by Crippen LogP contribution is 2.40. The molecule has 1 heterocycles. The molecule has 6 nitrogen and oxygen atoms in total. The number of hydrogen-bond donors (Lipinski definition) is 0. The molecule has 0 saturated carbocycles. The summed E-state index contributed by atoms with van der Waals surface area (Å²) in [5, 5.41) is 0.559. The number of hydrogen-bond acceptors (Lipinski definition) is 5. The number of benzene rings is 2. The molecule has 0 fully saturated rings. The van der Waals surface area contributed by atoms with E-state index in [2.05, 4.69) is 0 Å². The highest BCUT2D eigenvalue weighted by Gasteiger charge is 2.34. The van der Waals surface area contributed by atoms with Crippen LogP contribution in [0.1, 0.15) is 33.9 Å². The van der Waals surface area contributed by atoms with Gasteiger partial charge in [-0.15, -0.1) is 0 Å². The Morgan fingerprint density at radius 1 is 1.07 bits per heavy atom. The van der Waals surface area contributed by atoms with Crippen molar-refractivity contribution in [2.75, 3.05) is 27.9 Å². The number of ether oxygens (including phenoxy) is 3. The number of esters is 1. The largest absolute Gasteiger partial charge is 0.493 e. The summed E-state index contributed by atoms with van der Waals surface area (Å²) >= 11 is 5.94. The van der Waals surface area contributed by atoms with Crippen LogP contribution in [0.25, 0.3) is 0 Å². The van der Waals surface area contributed by atoms with Crippen LogP contribution in [0.5, 0.6) is 11.5 Å². The van der Waals surface area contributed by atoms with E-state index >= 15 is 0 Å². The molecule has 7 heteroatoms. The Morgan fingerprint density at radius 2 is 1.71 bits per heavy atom. The van der Waals surface area contributed by atoms with Crippen LogP contribution < -0.4 is 9.47 Å². The molecule has 0 saturated heterocycles. The molecule has 0 radical (unpaired) electrons. The van der Waals surface area contributed by atoms with Crippen LogP contribution in [0.4, 0.5) is 0 Å². The molecule has 0 aromatic heterocycles. The molecule has 2 aromatic rings. The molecule has 1 aliphatic heterocycles. The first-order valence-corrected chi connectivity index (χ1v) is 9.24. The smallest absolute Gasteiger partial charge is 0.307 e. The summed E-state index contributed by atoms with van der Waals surface area (Å²) in [6, 6.07) is 10.0. The lowest BCUT2D eigenvalue weighted by Crippen LogP contribution is -2.41. The molecular weight excluding hydrogens is 382 g/mol.